The molecule has 1 aliphatic heterocycles. The van der Waals surface area contributed by atoms with Gasteiger partial charge in [-0.15, -0.1) is 0 Å². The molecule has 0 aliphatic carbocycles. The molecule has 1 heterocycles. The van der Waals surface area contributed by atoms with Crippen LogP contribution in [0.2, 0.25) is 0 Å². The maximum Gasteiger partial charge on any atom is 0.317 e. The number of nitrogens with zero attached hydrogens (tertiary/aromatic N) is 2. The Morgan fingerprint density at radius 3 is 2.58 bits per heavy atom. The normalized spacial score (nSPS) is 15.3. The fraction of sp³-hybridized carbons (Fsp3) is 0.600. The Labute approximate surface area is 155 Å². The molecule has 1 saturated heterocycles. The summed E-state index contributed by atoms with van der Waals surface area (Å²) in [6, 6.07) is 8.13. The fourth-order valence-electron chi connectivity index (χ4n) is 3.44. The molecule has 0 radical (unpaired) electrons. The predicted molar refractivity (Wildman–Crippen MR) is 100 cm³/mol. The number of rotatable bonds is 9. The molecule has 1 N–H and O–H groups in total. The van der Waals surface area contributed by atoms with Gasteiger partial charge in [-0.3, -0.25) is 14.5 Å². The van der Waals surface area contributed by atoms with Gasteiger partial charge < -0.3 is 14.7 Å². The van der Waals surface area contributed by atoms with E-state index in [1.165, 1.54) is 0 Å². The Kier molecular flexibility index (Phi) is 7.91. The SMILES string of the molecule is CCN(CC(=O)O)C1CCN(C(=O)CCCOc2ccccc2C)CC1. The van der Waals surface area contributed by atoms with Crippen LogP contribution < -0.4 is 4.74 Å². The number of carboxylic acid groups (broad SMARTS) is 1. The number of hydrogen-bond acceptors (Lipinski definition) is 4. The van der Waals surface area contributed by atoms with Crippen molar-refractivity contribution >= 4 is 11.9 Å². The van der Waals surface area contributed by atoms with Crippen molar-refractivity contribution in [3.8, 4) is 5.75 Å². The topological polar surface area (TPSA) is 70.1 Å². The number of carbonyl (C=O) groups excluding carboxylic acids is 1. The van der Waals surface area contributed by atoms with Gasteiger partial charge >= 0.3 is 5.97 Å². The molecule has 144 valence electrons. The van der Waals surface area contributed by atoms with Gasteiger partial charge in [-0.05, 0) is 44.4 Å². The molecule has 1 amide bonds. The molecule has 0 bridgehead atoms. The summed E-state index contributed by atoms with van der Waals surface area (Å²) in [6.45, 7) is 6.74. The fourth-order valence-corrected chi connectivity index (χ4v) is 3.44. The van der Waals surface area contributed by atoms with Gasteiger partial charge in [0.05, 0.1) is 13.2 Å². The molecule has 1 aromatic carbocycles. The molecule has 0 spiro atoms. The summed E-state index contributed by atoms with van der Waals surface area (Å²) in [7, 11) is 0. The van der Waals surface area contributed by atoms with Crippen molar-refractivity contribution in [1.29, 1.82) is 0 Å². The summed E-state index contributed by atoms with van der Waals surface area (Å²) >= 11 is 0. The number of ether oxygens (including phenoxy) is 1. The smallest absolute Gasteiger partial charge is 0.317 e. The minimum absolute atomic E-state index is 0.0748. The summed E-state index contributed by atoms with van der Waals surface area (Å²) in [5.74, 6) is 0.246. The number of para-hydroxylation sites is 1. The highest BCUT2D eigenvalue weighted by molar-refractivity contribution is 5.76. The Bertz CT molecular complexity index is 597. The molecule has 6 heteroatoms. The lowest BCUT2D eigenvalue weighted by atomic mass is 10.0. The molecular formula is C20H30N2O4. The number of aryl methyl sites for hydroxylation is 1. The number of aliphatic carboxylic acids is 1. The van der Waals surface area contributed by atoms with Crippen molar-refractivity contribution in [3.05, 3.63) is 29.8 Å². The van der Waals surface area contributed by atoms with Crippen LogP contribution in [0.1, 0.15) is 38.2 Å². The van der Waals surface area contributed by atoms with Crippen molar-refractivity contribution in [2.24, 2.45) is 0 Å². The van der Waals surface area contributed by atoms with Crippen molar-refractivity contribution in [3.63, 3.8) is 0 Å². The van der Waals surface area contributed by atoms with E-state index in [1.807, 2.05) is 47.9 Å². The third kappa shape index (κ3) is 6.02. The first-order valence-electron chi connectivity index (χ1n) is 9.43. The summed E-state index contributed by atoms with van der Waals surface area (Å²) < 4.78 is 5.74. The van der Waals surface area contributed by atoms with Crippen LogP contribution in [0.25, 0.3) is 0 Å². The highest BCUT2D eigenvalue weighted by atomic mass is 16.5. The number of benzene rings is 1. The zero-order valence-electron chi connectivity index (χ0n) is 15.8. The summed E-state index contributed by atoms with van der Waals surface area (Å²) in [6.07, 6.45) is 2.87. The number of likely N-dealkylation sites (N-methyl/N-ethyl adjacent to an activating group) is 1. The second kappa shape index (κ2) is 10.2. The molecule has 1 fully saturated rings. The third-order valence-electron chi connectivity index (χ3n) is 4.96. The average Bonchev–Trinajstić information content (AvgIpc) is 2.64. The highest BCUT2D eigenvalue weighted by Gasteiger charge is 2.26. The van der Waals surface area contributed by atoms with Gasteiger partial charge in [-0.2, -0.15) is 0 Å². The molecule has 1 aliphatic rings. The highest BCUT2D eigenvalue weighted by Crippen LogP contribution is 2.18. The number of amides is 1. The van der Waals surface area contributed by atoms with E-state index in [1.54, 1.807) is 0 Å². The molecule has 0 aromatic heterocycles. The first kappa shape index (κ1) is 20.2. The number of hydrogen-bond donors (Lipinski definition) is 1. The Morgan fingerprint density at radius 1 is 1.27 bits per heavy atom. The lowest BCUT2D eigenvalue weighted by Gasteiger charge is -2.37. The second-order valence-electron chi connectivity index (χ2n) is 6.79. The standard InChI is InChI=1S/C20H30N2O4/c1-3-21(15-20(24)25)17-10-12-22(13-11-17)19(23)9-6-14-26-18-8-5-4-7-16(18)2/h4-5,7-8,17H,3,6,9-15H2,1-2H3,(H,24,25). The Morgan fingerprint density at radius 2 is 1.96 bits per heavy atom. The van der Waals surface area contributed by atoms with Crippen LogP contribution >= 0.6 is 0 Å². The minimum atomic E-state index is -0.793. The molecule has 2 rings (SSSR count). The van der Waals surface area contributed by atoms with Crippen molar-refractivity contribution < 1.29 is 19.4 Å². The monoisotopic (exact) mass is 362 g/mol. The van der Waals surface area contributed by atoms with E-state index in [-0.39, 0.29) is 18.5 Å². The van der Waals surface area contributed by atoms with E-state index >= 15 is 0 Å². The van der Waals surface area contributed by atoms with Gasteiger partial charge in [-0.1, -0.05) is 25.1 Å². The van der Waals surface area contributed by atoms with Crippen LogP contribution in [0.3, 0.4) is 0 Å². The maximum absolute atomic E-state index is 12.4. The maximum atomic E-state index is 12.4. The molecule has 6 nitrogen and oxygen atoms in total. The first-order valence-corrected chi connectivity index (χ1v) is 9.43. The Hall–Kier alpha value is -2.08. The van der Waals surface area contributed by atoms with Crippen LogP contribution in [-0.4, -0.2) is 65.6 Å². The van der Waals surface area contributed by atoms with E-state index in [2.05, 4.69) is 0 Å². The van der Waals surface area contributed by atoms with Gasteiger partial charge in [0.1, 0.15) is 5.75 Å². The Balaban J connectivity index is 1.68. The first-order chi connectivity index (χ1) is 12.5. The third-order valence-corrected chi connectivity index (χ3v) is 4.96. The zero-order valence-corrected chi connectivity index (χ0v) is 15.8. The summed E-state index contributed by atoms with van der Waals surface area (Å²) in [5.41, 5.74) is 1.10. The molecule has 1 aromatic rings. The van der Waals surface area contributed by atoms with Gasteiger partial charge in [0.15, 0.2) is 0 Å². The largest absolute Gasteiger partial charge is 0.493 e. The van der Waals surface area contributed by atoms with Crippen molar-refractivity contribution in [1.82, 2.24) is 9.80 Å². The van der Waals surface area contributed by atoms with E-state index in [0.29, 0.717) is 32.5 Å². The van der Waals surface area contributed by atoms with Gasteiger partial charge in [0.25, 0.3) is 0 Å². The summed E-state index contributed by atoms with van der Waals surface area (Å²) in [4.78, 5) is 27.2. The number of carboxylic acids is 1. The second-order valence-corrected chi connectivity index (χ2v) is 6.79. The van der Waals surface area contributed by atoms with Crippen LogP contribution in [0.4, 0.5) is 0 Å². The molecular weight excluding hydrogens is 332 g/mol. The minimum Gasteiger partial charge on any atom is -0.493 e. The van der Waals surface area contributed by atoms with E-state index < -0.39 is 5.97 Å². The van der Waals surface area contributed by atoms with Gasteiger partial charge in [0, 0.05) is 25.6 Å². The molecule has 0 saturated carbocycles. The number of likely N-dealkylation sites (tertiary alicyclic amines) is 1. The average molecular weight is 362 g/mol. The number of piperidine rings is 1. The van der Waals surface area contributed by atoms with E-state index in [4.69, 9.17) is 9.84 Å². The van der Waals surface area contributed by atoms with Gasteiger partial charge in [0.2, 0.25) is 5.91 Å². The van der Waals surface area contributed by atoms with E-state index in [0.717, 1.165) is 30.7 Å². The predicted octanol–water partition coefficient (Wildman–Crippen LogP) is 2.55. The van der Waals surface area contributed by atoms with Crippen LogP contribution in [-0.2, 0) is 9.59 Å². The van der Waals surface area contributed by atoms with Crippen LogP contribution in [0.15, 0.2) is 24.3 Å². The summed E-state index contributed by atoms with van der Waals surface area (Å²) in [5, 5.41) is 8.99. The number of carbonyl (C=O) groups is 2. The van der Waals surface area contributed by atoms with E-state index in [9.17, 15) is 9.59 Å². The molecule has 0 unspecified atom stereocenters. The van der Waals surface area contributed by atoms with Crippen molar-refractivity contribution in [2.75, 3.05) is 32.8 Å². The molecule has 26 heavy (non-hydrogen) atoms. The lowest BCUT2D eigenvalue weighted by Crippen LogP contribution is -2.48. The van der Waals surface area contributed by atoms with Crippen LogP contribution in [0.5, 0.6) is 5.75 Å². The quantitative estimate of drug-likeness (QED) is 0.684. The molecule has 0 atom stereocenters. The zero-order chi connectivity index (χ0) is 18.9. The lowest BCUT2D eigenvalue weighted by molar-refractivity contribution is -0.140. The van der Waals surface area contributed by atoms with Crippen LogP contribution in [0, 0.1) is 6.92 Å². The van der Waals surface area contributed by atoms with Gasteiger partial charge in [-0.25, -0.2) is 0 Å². The van der Waals surface area contributed by atoms with Crippen molar-refractivity contribution in [2.45, 2.75) is 45.6 Å².